The lowest BCUT2D eigenvalue weighted by Crippen LogP contribution is -2.32. The molecule has 0 radical (unpaired) electrons. The molecular weight excluding hydrogens is 382 g/mol. The van der Waals surface area contributed by atoms with Crippen molar-refractivity contribution in [3.63, 3.8) is 0 Å². The van der Waals surface area contributed by atoms with Crippen molar-refractivity contribution in [1.29, 1.82) is 0 Å². The number of nitrogens with zero attached hydrogens (tertiary/aromatic N) is 3. The van der Waals surface area contributed by atoms with E-state index in [0.717, 1.165) is 16.6 Å². The lowest BCUT2D eigenvalue weighted by atomic mass is 10.2. The highest BCUT2D eigenvalue weighted by atomic mass is 32.1. The van der Waals surface area contributed by atoms with E-state index in [1.807, 2.05) is 46.6 Å². The number of nitrogens with one attached hydrogen (secondary N) is 1. The quantitative estimate of drug-likeness (QED) is 0.454. The second kappa shape index (κ2) is 6.65. The summed E-state index contributed by atoms with van der Waals surface area (Å²) in [6.07, 6.45) is 3.69. The standard InChI is InChI=1S/C20H12F2N4OS/c21-14-4-1-3-13(19(14)22)20-23-15-6-7-26(11-17(15)24-20)10-12-9-16(25-27-12)18-5-2-8-28-18/h1-9,11H,10H2/p+1. The molecule has 0 aliphatic rings. The largest absolute Gasteiger partial charge is 0.354 e. The molecule has 1 N–H and O–H groups in total. The van der Waals surface area contributed by atoms with Gasteiger partial charge in [0.15, 0.2) is 24.0 Å². The molecule has 0 atom stereocenters. The van der Waals surface area contributed by atoms with Crippen LogP contribution in [0.3, 0.4) is 0 Å². The summed E-state index contributed by atoms with van der Waals surface area (Å²) in [7, 11) is 0. The third kappa shape index (κ3) is 2.97. The topological polar surface area (TPSA) is 58.6 Å². The Morgan fingerprint density at radius 3 is 2.93 bits per heavy atom. The molecular formula is C20H13F2N4OS+. The fraction of sp³-hybridized carbons (Fsp3) is 0.0500. The molecule has 0 saturated carbocycles. The molecule has 4 heterocycles. The number of fused-ring (bicyclic) bond motifs is 1. The van der Waals surface area contributed by atoms with Crippen LogP contribution in [-0.2, 0) is 6.54 Å². The average molecular weight is 395 g/mol. The van der Waals surface area contributed by atoms with Crippen LogP contribution in [0.4, 0.5) is 8.78 Å². The number of pyridine rings is 1. The Labute approximate surface area is 161 Å². The Kier molecular flexibility index (Phi) is 3.98. The van der Waals surface area contributed by atoms with Gasteiger partial charge in [0.1, 0.15) is 22.6 Å². The van der Waals surface area contributed by atoms with E-state index >= 15 is 0 Å². The van der Waals surface area contributed by atoms with Crippen LogP contribution in [0.2, 0.25) is 0 Å². The van der Waals surface area contributed by atoms with Gasteiger partial charge >= 0.3 is 0 Å². The van der Waals surface area contributed by atoms with Gasteiger partial charge in [-0.25, -0.2) is 13.8 Å². The summed E-state index contributed by atoms with van der Waals surface area (Å²) < 4.78 is 34.9. The maximum absolute atomic E-state index is 14.0. The van der Waals surface area contributed by atoms with Crippen molar-refractivity contribution in [1.82, 2.24) is 15.1 Å². The number of imidazole rings is 1. The minimum atomic E-state index is -0.919. The van der Waals surface area contributed by atoms with Gasteiger partial charge in [-0.3, -0.25) is 0 Å². The van der Waals surface area contributed by atoms with E-state index in [0.29, 0.717) is 23.3 Å². The van der Waals surface area contributed by atoms with Crippen molar-refractivity contribution in [2.45, 2.75) is 6.54 Å². The number of benzene rings is 1. The average Bonchev–Trinajstić information content (AvgIpc) is 3.43. The van der Waals surface area contributed by atoms with Crippen LogP contribution in [0.1, 0.15) is 5.76 Å². The fourth-order valence-corrected chi connectivity index (χ4v) is 3.70. The second-order valence-electron chi connectivity index (χ2n) is 6.26. The molecule has 0 unspecified atom stereocenters. The lowest BCUT2D eigenvalue weighted by Gasteiger charge is -1.99. The zero-order chi connectivity index (χ0) is 19.1. The van der Waals surface area contributed by atoms with Crippen LogP contribution in [0.25, 0.3) is 33.0 Å². The molecule has 0 amide bonds. The van der Waals surface area contributed by atoms with Gasteiger partial charge in [0.05, 0.1) is 10.4 Å². The normalized spacial score (nSPS) is 11.4. The molecule has 0 fully saturated rings. The molecule has 0 spiro atoms. The summed E-state index contributed by atoms with van der Waals surface area (Å²) >= 11 is 1.60. The number of halogens is 2. The Hall–Kier alpha value is -3.39. The van der Waals surface area contributed by atoms with E-state index < -0.39 is 11.6 Å². The fourth-order valence-electron chi connectivity index (χ4n) is 3.02. The molecule has 0 aliphatic carbocycles. The van der Waals surface area contributed by atoms with E-state index in [1.165, 1.54) is 12.1 Å². The molecule has 1 aromatic carbocycles. The lowest BCUT2D eigenvalue weighted by molar-refractivity contribution is -0.688. The van der Waals surface area contributed by atoms with Gasteiger partial charge in [-0.2, -0.15) is 4.57 Å². The minimum Gasteiger partial charge on any atom is -0.354 e. The van der Waals surface area contributed by atoms with Crippen molar-refractivity contribution in [3.05, 3.63) is 77.6 Å². The third-order valence-electron chi connectivity index (χ3n) is 4.36. The van der Waals surface area contributed by atoms with Crippen molar-refractivity contribution in [3.8, 4) is 22.0 Å². The molecule has 138 valence electrons. The summed E-state index contributed by atoms with van der Waals surface area (Å²) in [5.74, 6) is -0.829. The van der Waals surface area contributed by atoms with Gasteiger partial charge < -0.3 is 9.51 Å². The van der Waals surface area contributed by atoms with Crippen molar-refractivity contribution < 1.29 is 17.9 Å². The first-order valence-corrected chi connectivity index (χ1v) is 9.38. The predicted molar refractivity (Wildman–Crippen MR) is 101 cm³/mol. The van der Waals surface area contributed by atoms with Gasteiger partial charge in [-0.05, 0) is 23.6 Å². The van der Waals surface area contributed by atoms with Crippen molar-refractivity contribution in [2.75, 3.05) is 0 Å². The highest BCUT2D eigenvalue weighted by molar-refractivity contribution is 7.13. The number of H-pyrrole nitrogens is 1. The van der Waals surface area contributed by atoms with Gasteiger partial charge in [0, 0.05) is 12.1 Å². The second-order valence-corrected chi connectivity index (χ2v) is 7.21. The number of aromatic amines is 1. The number of thiophene rings is 1. The van der Waals surface area contributed by atoms with Crippen LogP contribution in [0.5, 0.6) is 0 Å². The molecule has 4 aromatic heterocycles. The van der Waals surface area contributed by atoms with Crippen molar-refractivity contribution in [2.24, 2.45) is 0 Å². The predicted octanol–water partition coefficient (Wildman–Crippen LogP) is 4.56. The van der Waals surface area contributed by atoms with Gasteiger partial charge in [-0.15, -0.1) is 11.3 Å². The molecule has 5 aromatic rings. The van der Waals surface area contributed by atoms with Gasteiger partial charge in [0.25, 0.3) is 0 Å². The first-order valence-electron chi connectivity index (χ1n) is 8.50. The SMILES string of the molecule is Fc1cccc(-c2nc3cc[n+](Cc4cc(-c5cccs5)no4)cc3[nH]2)c1F. The van der Waals surface area contributed by atoms with Crippen LogP contribution in [0, 0.1) is 11.6 Å². The molecule has 5 nitrogen and oxygen atoms in total. The number of hydrogen-bond donors (Lipinski definition) is 1. The monoisotopic (exact) mass is 395 g/mol. The van der Waals surface area contributed by atoms with E-state index in [9.17, 15) is 8.78 Å². The zero-order valence-electron chi connectivity index (χ0n) is 14.4. The van der Waals surface area contributed by atoms with E-state index in [-0.39, 0.29) is 11.4 Å². The zero-order valence-corrected chi connectivity index (χ0v) is 15.2. The summed E-state index contributed by atoms with van der Waals surface area (Å²) in [6.45, 7) is 0.483. The Morgan fingerprint density at radius 2 is 2.07 bits per heavy atom. The molecule has 0 aliphatic heterocycles. The highest BCUT2D eigenvalue weighted by Crippen LogP contribution is 2.25. The van der Waals surface area contributed by atoms with E-state index in [4.69, 9.17) is 4.52 Å². The highest BCUT2D eigenvalue weighted by Gasteiger charge is 2.16. The molecule has 28 heavy (non-hydrogen) atoms. The number of rotatable bonds is 4. The molecule has 8 heteroatoms. The van der Waals surface area contributed by atoms with Gasteiger partial charge in [-0.1, -0.05) is 17.3 Å². The third-order valence-corrected chi connectivity index (χ3v) is 5.25. The van der Waals surface area contributed by atoms with Crippen LogP contribution >= 0.6 is 11.3 Å². The number of aromatic nitrogens is 4. The number of hydrogen-bond acceptors (Lipinski definition) is 4. The van der Waals surface area contributed by atoms with E-state index in [1.54, 1.807) is 11.3 Å². The Balaban J connectivity index is 1.45. The van der Waals surface area contributed by atoms with Gasteiger partial charge in [0.2, 0.25) is 12.3 Å². The maximum atomic E-state index is 14.0. The first-order chi connectivity index (χ1) is 13.7. The summed E-state index contributed by atoms with van der Waals surface area (Å²) in [4.78, 5) is 8.46. The minimum absolute atomic E-state index is 0.0959. The van der Waals surface area contributed by atoms with Crippen molar-refractivity contribution >= 4 is 22.4 Å². The summed E-state index contributed by atoms with van der Waals surface area (Å²) in [5.41, 5.74) is 2.27. The Morgan fingerprint density at radius 1 is 1.14 bits per heavy atom. The van der Waals surface area contributed by atoms with Crippen LogP contribution in [-0.4, -0.2) is 15.1 Å². The molecule has 0 bridgehead atoms. The smallest absolute Gasteiger partial charge is 0.208 e. The summed E-state index contributed by atoms with van der Waals surface area (Å²) in [6, 6.07) is 11.7. The molecule has 5 rings (SSSR count). The maximum Gasteiger partial charge on any atom is 0.208 e. The first kappa shape index (κ1) is 16.8. The Bertz CT molecular complexity index is 1280. The van der Waals surface area contributed by atoms with Crippen LogP contribution < -0.4 is 4.57 Å². The van der Waals surface area contributed by atoms with E-state index in [2.05, 4.69) is 15.1 Å². The summed E-state index contributed by atoms with van der Waals surface area (Å²) in [5, 5.41) is 6.09. The molecule has 0 saturated heterocycles. The van der Waals surface area contributed by atoms with Crippen LogP contribution in [0.15, 0.2) is 64.8 Å².